The smallest absolute Gasteiger partial charge is 0.240 e. The number of hydrogen-bond acceptors (Lipinski definition) is 4. The molecule has 3 rings (SSSR count). The zero-order chi connectivity index (χ0) is 19.9. The predicted molar refractivity (Wildman–Crippen MR) is 113 cm³/mol. The third-order valence-electron chi connectivity index (χ3n) is 4.06. The van der Waals surface area contributed by atoms with Gasteiger partial charge in [0.1, 0.15) is 5.75 Å². The summed E-state index contributed by atoms with van der Waals surface area (Å²) in [5, 5.41) is 18.5. The molecular formula is C21H18BrN3O3. The Kier molecular flexibility index (Phi) is 6.39. The molecule has 0 radical (unpaired) electrons. The van der Waals surface area contributed by atoms with Crippen LogP contribution >= 0.6 is 15.9 Å². The molecule has 0 unspecified atom stereocenters. The molecule has 0 spiro atoms. The number of rotatable bonds is 6. The number of nitrogens with one attached hydrogen (secondary N) is 2. The minimum Gasteiger partial charge on any atom is -0.507 e. The highest BCUT2D eigenvalue weighted by Crippen LogP contribution is 2.25. The van der Waals surface area contributed by atoms with E-state index in [1.807, 2.05) is 48.5 Å². The topological polar surface area (TPSA) is 90.8 Å². The molecule has 0 bridgehead atoms. The first kappa shape index (κ1) is 19.6. The second-order valence-corrected chi connectivity index (χ2v) is 6.90. The summed E-state index contributed by atoms with van der Waals surface area (Å²) in [7, 11) is 0. The maximum Gasteiger partial charge on any atom is 0.240 e. The van der Waals surface area contributed by atoms with Crippen molar-refractivity contribution in [3.63, 3.8) is 0 Å². The van der Waals surface area contributed by atoms with E-state index in [-0.39, 0.29) is 24.5 Å². The van der Waals surface area contributed by atoms with Crippen molar-refractivity contribution in [3.8, 4) is 5.75 Å². The number of benzene rings is 3. The van der Waals surface area contributed by atoms with Gasteiger partial charge < -0.3 is 10.4 Å². The zero-order valence-corrected chi connectivity index (χ0v) is 16.4. The molecule has 0 aromatic heterocycles. The molecule has 0 heterocycles. The molecule has 0 fully saturated rings. The number of amides is 2. The number of phenols is 1. The van der Waals surface area contributed by atoms with E-state index < -0.39 is 5.91 Å². The van der Waals surface area contributed by atoms with Crippen LogP contribution in [0.2, 0.25) is 0 Å². The number of halogens is 1. The van der Waals surface area contributed by atoms with Gasteiger partial charge in [-0.3, -0.25) is 9.59 Å². The predicted octanol–water partition coefficient (Wildman–Crippen LogP) is 4.18. The lowest BCUT2D eigenvalue weighted by molar-refractivity contribution is -0.124. The Bertz CT molecular complexity index is 1050. The van der Waals surface area contributed by atoms with Crippen molar-refractivity contribution in [2.75, 3.05) is 5.32 Å². The van der Waals surface area contributed by atoms with Crippen molar-refractivity contribution in [1.82, 2.24) is 5.43 Å². The molecule has 0 atom stereocenters. The molecule has 0 aliphatic rings. The third-order valence-corrected chi connectivity index (χ3v) is 4.75. The van der Waals surface area contributed by atoms with E-state index in [2.05, 4.69) is 31.8 Å². The van der Waals surface area contributed by atoms with Gasteiger partial charge in [-0.15, -0.1) is 0 Å². The fourth-order valence-electron chi connectivity index (χ4n) is 2.65. The lowest BCUT2D eigenvalue weighted by atomic mass is 10.0. The average Bonchev–Trinajstić information content (AvgIpc) is 2.70. The number of hydrogen-bond donors (Lipinski definition) is 3. The van der Waals surface area contributed by atoms with Crippen molar-refractivity contribution in [3.05, 3.63) is 70.7 Å². The van der Waals surface area contributed by atoms with Gasteiger partial charge in [-0.2, -0.15) is 5.10 Å². The highest BCUT2D eigenvalue weighted by molar-refractivity contribution is 9.10. The molecule has 3 N–H and O–H groups in total. The molecule has 0 aliphatic carbocycles. The maximum atomic E-state index is 12.0. The summed E-state index contributed by atoms with van der Waals surface area (Å²) in [6.45, 7) is 0. The Balaban J connectivity index is 1.54. The van der Waals surface area contributed by atoms with E-state index >= 15 is 0 Å². The summed E-state index contributed by atoms with van der Waals surface area (Å²) in [4.78, 5) is 23.9. The fraction of sp³-hybridized carbons (Fsp3) is 0.0952. The van der Waals surface area contributed by atoms with Gasteiger partial charge in [0.05, 0.1) is 11.9 Å². The molecule has 7 heteroatoms. The van der Waals surface area contributed by atoms with Crippen LogP contribution in [0.15, 0.2) is 70.2 Å². The van der Waals surface area contributed by atoms with Crippen LogP contribution in [-0.4, -0.2) is 23.1 Å². The van der Waals surface area contributed by atoms with Crippen LogP contribution in [0, 0.1) is 0 Å². The Labute approximate surface area is 170 Å². The van der Waals surface area contributed by atoms with Crippen LogP contribution in [-0.2, 0) is 9.59 Å². The van der Waals surface area contributed by atoms with Crippen molar-refractivity contribution >= 4 is 50.4 Å². The number of phenolic OH excluding ortho intramolecular Hbond substituents is 1. The molecule has 3 aromatic carbocycles. The third kappa shape index (κ3) is 4.95. The first-order chi connectivity index (χ1) is 13.5. The molecular weight excluding hydrogens is 422 g/mol. The largest absolute Gasteiger partial charge is 0.507 e. The van der Waals surface area contributed by atoms with Crippen LogP contribution in [0.5, 0.6) is 5.75 Å². The van der Waals surface area contributed by atoms with Gasteiger partial charge in [0, 0.05) is 22.9 Å². The van der Waals surface area contributed by atoms with E-state index in [0.29, 0.717) is 11.3 Å². The minimum absolute atomic E-state index is 0.00482. The minimum atomic E-state index is -0.391. The van der Waals surface area contributed by atoms with Crippen LogP contribution in [0.4, 0.5) is 5.69 Å². The summed E-state index contributed by atoms with van der Waals surface area (Å²) in [5.41, 5.74) is 3.55. The number of carbonyl (C=O) groups excluding carboxylic acids is 2. The number of anilines is 1. The molecule has 0 saturated heterocycles. The maximum absolute atomic E-state index is 12.0. The monoisotopic (exact) mass is 439 g/mol. The number of fused-ring (bicyclic) bond motifs is 1. The normalized spacial score (nSPS) is 10.9. The van der Waals surface area contributed by atoms with E-state index in [4.69, 9.17) is 0 Å². The average molecular weight is 440 g/mol. The SMILES string of the molecule is O=C(CCC(=O)Nc1ccccc1Br)NN=Cc1c(O)ccc2ccccc12. The van der Waals surface area contributed by atoms with Gasteiger partial charge in [0.2, 0.25) is 11.8 Å². The summed E-state index contributed by atoms with van der Waals surface area (Å²) in [6, 6.07) is 18.2. The second-order valence-electron chi connectivity index (χ2n) is 6.04. The van der Waals surface area contributed by atoms with Crippen molar-refractivity contribution in [2.24, 2.45) is 5.10 Å². The number of hydrazone groups is 1. The fourth-order valence-corrected chi connectivity index (χ4v) is 3.03. The summed E-state index contributed by atoms with van der Waals surface area (Å²) in [5.74, 6) is -0.583. The van der Waals surface area contributed by atoms with Crippen molar-refractivity contribution in [1.29, 1.82) is 0 Å². The van der Waals surface area contributed by atoms with Gasteiger partial charge in [0.25, 0.3) is 0 Å². The van der Waals surface area contributed by atoms with E-state index in [1.54, 1.807) is 12.1 Å². The lowest BCUT2D eigenvalue weighted by Crippen LogP contribution is -2.20. The van der Waals surface area contributed by atoms with Gasteiger partial charge in [0.15, 0.2) is 0 Å². The quantitative estimate of drug-likeness (QED) is 0.397. The molecule has 0 aliphatic heterocycles. The zero-order valence-electron chi connectivity index (χ0n) is 14.9. The summed E-state index contributed by atoms with van der Waals surface area (Å²) < 4.78 is 0.771. The molecule has 6 nitrogen and oxygen atoms in total. The van der Waals surface area contributed by atoms with Gasteiger partial charge >= 0.3 is 0 Å². The Hall–Kier alpha value is -3.19. The summed E-state index contributed by atoms with van der Waals surface area (Å²) >= 11 is 3.35. The van der Waals surface area contributed by atoms with Crippen LogP contribution in [0.25, 0.3) is 10.8 Å². The highest BCUT2D eigenvalue weighted by Gasteiger charge is 2.09. The standard InChI is InChI=1S/C21H18BrN3O3/c22-17-7-3-4-8-18(17)24-20(27)11-12-21(28)25-23-13-16-15-6-2-1-5-14(15)9-10-19(16)26/h1-10,13,26H,11-12H2,(H,24,27)(H,25,28). The first-order valence-corrected chi connectivity index (χ1v) is 9.41. The van der Waals surface area contributed by atoms with Gasteiger partial charge in [-0.05, 0) is 44.9 Å². The molecule has 3 aromatic rings. The summed E-state index contributed by atoms with van der Waals surface area (Å²) in [6.07, 6.45) is 1.42. The van der Waals surface area contributed by atoms with Crippen molar-refractivity contribution in [2.45, 2.75) is 12.8 Å². The van der Waals surface area contributed by atoms with Crippen molar-refractivity contribution < 1.29 is 14.7 Å². The van der Waals surface area contributed by atoms with Crippen LogP contribution < -0.4 is 10.7 Å². The molecule has 2 amide bonds. The van der Waals surface area contributed by atoms with Gasteiger partial charge in [-0.25, -0.2) is 5.43 Å². The van der Waals surface area contributed by atoms with Crippen LogP contribution in [0.3, 0.4) is 0 Å². The number of carbonyl (C=O) groups is 2. The highest BCUT2D eigenvalue weighted by atomic mass is 79.9. The van der Waals surface area contributed by atoms with E-state index in [0.717, 1.165) is 15.2 Å². The number of nitrogens with zero attached hydrogens (tertiary/aromatic N) is 1. The van der Waals surface area contributed by atoms with Crippen LogP contribution in [0.1, 0.15) is 18.4 Å². The second kappa shape index (κ2) is 9.14. The molecule has 0 saturated carbocycles. The van der Waals surface area contributed by atoms with E-state index in [1.165, 1.54) is 6.21 Å². The molecule has 28 heavy (non-hydrogen) atoms. The first-order valence-electron chi connectivity index (χ1n) is 8.61. The Morgan fingerprint density at radius 3 is 2.50 bits per heavy atom. The lowest BCUT2D eigenvalue weighted by Gasteiger charge is -2.07. The number of aromatic hydroxyl groups is 1. The van der Waals surface area contributed by atoms with E-state index in [9.17, 15) is 14.7 Å². The Morgan fingerprint density at radius 1 is 0.964 bits per heavy atom. The number of para-hydroxylation sites is 1. The Morgan fingerprint density at radius 2 is 1.68 bits per heavy atom. The van der Waals surface area contributed by atoms with Gasteiger partial charge in [-0.1, -0.05) is 42.5 Å². The molecule has 142 valence electrons.